The van der Waals surface area contributed by atoms with E-state index in [4.69, 9.17) is 9.47 Å². The van der Waals surface area contributed by atoms with Crippen molar-refractivity contribution in [1.82, 2.24) is 25.3 Å². The summed E-state index contributed by atoms with van der Waals surface area (Å²) in [7, 11) is 3.15. The van der Waals surface area contributed by atoms with Crippen LogP contribution in [0, 0.1) is 0 Å². The van der Waals surface area contributed by atoms with Crippen molar-refractivity contribution in [2.45, 2.75) is 13.1 Å². The number of hydrogen-bond donors (Lipinski definition) is 2. The summed E-state index contributed by atoms with van der Waals surface area (Å²) in [6.07, 6.45) is 3.43. The van der Waals surface area contributed by atoms with Gasteiger partial charge in [0.1, 0.15) is 23.0 Å². The van der Waals surface area contributed by atoms with Crippen LogP contribution in [0.3, 0.4) is 0 Å². The van der Waals surface area contributed by atoms with Gasteiger partial charge in [-0.2, -0.15) is 0 Å². The first-order valence-electron chi connectivity index (χ1n) is 10.4. The van der Waals surface area contributed by atoms with Crippen LogP contribution in [-0.2, 0) is 13.1 Å². The fraction of sp³-hybridized carbons (Fsp3) is 0.167. The van der Waals surface area contributed by atoms with Crippen molar-refractivity contribution < 1.29 is 14.3 Å². The number of methoxy groups -OCH3 is 2. The van der Waals surface area contributed by atoms with E-state index in [2.05, 4.69) is 41.9 Å². The molecule has 4 rings (SSSR count). The Morgan fingerprint density at radius 2 is 1.91 bits per heavy atom. The first-order chi connectivity index (χ1) is 16.6. The molecule has 0 bridgehead atoms. The molecule has 2 heterocycles. The van der Waals surface area contributed by atoms with Crippen molar-refractivity contribution in [3.8, 4) is 11.5 Å². The molecule has 0 aliphatic rings. The summed E-state index contributed by atoms with van der Waals surface area (Å²) in [6, 6.07) is 16.8. The Morgan fingerprint density at radius 1 is 1.09 bits per heavy atom. The van der Waals surface area contributed by atoms with E-state index in [1.54, 1.807) is 55.4 Å². The number of hydrogen-bond acceptors (Lipinski definition) is 7. The standard InChI is InChI=1S/C24H23BrN6O3/c1-33-19-9-10-21(22(12-19)34-2)28-23-20(4-3-11-26-23)24(32)27-13-18-15-31(30-29-18)14-16-5-7-17(25)8-6-16/h3-12,15H,13-14H2,1-2H3,(H,26,28)(H,27,32). The van der Waals surface area contributed by atoms with Gasteiger partial charge >= 0.3 is 0 Å². The van der Waals surface area contributed by atoms with Gasteiger partial charge in [-0.05, 0) is 42.0 Å². The number of aromatic nitrogens is 4. The molecule has 0 saturated heterocycles. The van der Waals surface area contributed by atoms with E-state index in [-0.39, 0.29) is 12.5 Å². The molecule has 2 aromatic carbocycles. The van der Waals surface area contributed by atoms with Crippen molar-refractivity contribution in [1.29, 1.82) is 0 Å². The minimum atomic E-state index is -0.287. The average molecular weight is 523 g/mol. The third kappa shape index (κ3) is 5.70. The molecular weight excluding hydrogens is 500 g/mol. The Kier molecular flexibility index (Phi) is 7.38. The van der Waals surface area contributed by atoms with Crippen LogP contribution in [0.25, 0.3) is 0 Å². The topological polar surface area (TPSA) is 103 Å². The molecule has 0 aliphatic carbocycles. The largest absolute Gasteiger partial charge is 0.497 e. The fourth-order valence-electron chi connectivity index (χ4n) is 3.26. The Morgan fingerprint density at radius 3 is 2.68 bits per heavy atom. The van der Waals surface area contributed by atoms with E-state index in [0.717, 1.165) is 10.0 Å². The van der Waals surface area contributed by atoms with Crippen molar-refractivity contribution in [2.75, 3.05) is 19.5 Å². The van der Waals surface area contributed by atoms with Gasteiger partial charge in [0.15, 0.2) is 0 Å². The molecule has 0 unspecified atom stereocenters. The van der Waals surface area contributed by atoms with E-state index in [0.29, 0.717) is 40.8 Å². The smallest absolute Gasteiger partial charge is 0.255 e. The molecule has 2 N–H and O–H groups in total. The summed E-state index contributed by atoms with van der Waals surface area (Å²) >= 11 is 3.43. The number of ether oxygens (including phenoxy) is 2. The van der Waals surface area contributed by atoms with Gasteiger partial charge in [0.05, 0.1) is 44.8 Å². The zero-order chi connectivity index (χ0) is 23.9. The molecule has 174 valence electrons. The lowest BCUT2D eigenvalue weighted by Crippen LogP contribution is -2.24. The van der Waals surface area contributed by atoms with Gasteiger partial charge in [-0.3, -0.25) is 4.79 Å². The Labute approximate surface area is 205 Å². The van der Waals surface area contributed by atoms with Crippen LogP contribution in [0.1, 0.15) is 21.6 Å². The van der Waals surface area contributed by atoms with E-state index >= 15 is 0 Å². The van der Waals surface area contributed by atoms with Gasteiger partial charge in [0, 0.05) is 16.7 Å². The maximum atomic E-state index is 12.9. The molecule has 4 aromatic rings. The third-order valence-electron chi connectivity index (χ3n) is 4.99. The maximum Gasteiger partial charge on any atom is 0.255 e. The number of pyridine rings is 1. The Bertz CT molecular complexity index is 1280. The van der Waals surface area contributed by atoms with E-state index in [1.165, 1.54) is 0 Å². The first kappa shape index (κ1) is 23.2. The Hall–Kier alpha value is -3.92. The minimum absolute atomic E-state index is 0.235. The lowest BCUT2D eigenvalue weighted by Gasteiger charge is -2.14. The number of halogens is 1. The molecule has 10 heteroatoms. The molecule has 0 aliphatic heterocycles. The van der Waals surface area contributed by atoms with Crippen LogP contribution in [0.2, 0.25) is 0 Å². The maximum absolute atomic E-state index is 12.9. The van der Waals surface area contributed by atoms with Crippen molar-refractivity contribution in [3.63, 3.8) is 0 Å². The summed E-state index contributed by atoms with van der Waals surface area (Å²) in [6.45, 7) is 0.827. The zero-order valence-electron chi connectivity index (χ0n) is 18.7. The number of carbonyl (C=O) groups is 1. The van der Waals surface area contributed by atoms with E-state index in [1.807, 2.05) is 30.5 Å². The van der Waals surface area contributed by atoms with Crippen LogP contribution < -0.4 is 20.1 Å². The molecule has 0 spiro atoms. The van der Waals surface area contributed by atoms with Crippen molar-refractivity contribution in [3.05, 3.63) is 88.3 Å². The number of nitrogens with one attached hydrogen (secondary N) is 2. The predicted molar refractivity (Wildman–Crippen MR) is 132 cm³/mol. The second-order valence-corrected chi connectivity index (χ2v) is 8.22. The summed E-state index contributed by atoms with van der Waals surface area (Å²) in [4.78, 5) is 17.2. The highest BCUT2D eigenvalue weighted by molar-refractivity contribution is 9.10. The number of amides is 1. The van der Waals surface area contributed by atoms with Gasteiger partial charge in [0.25, 0.3) is 5.91 Å². The SMILES string of the molecule is COc1ccc(Nc2ncccc2C(=O)NCc2cn(Cc3ccc(Br)cc3)nn2)c(OC)c1. The predicted octanol–water partition coefficient (Wildman–Crippen LogP) is 4.17. The third-order valence-corrected chi connectivity index (χ3v) is 5.52. The number of carbonyl (C=O) groups excluding carboxylic acids is 1. The number of rotatable bonds is 9. The number of nitrogens with zero attached hydrogens (tertiary/aromatic N) is 4. The first-order valence-corrected chi connectivity index (χ1v) is 11.2. The van der Waals surface area contributed by atoms with Crippen LogP contribution in [0.4, 0.5) is 11.5 Å². The fourth-order valence-corrected chi connectivity index (χ4v) is 3.52. The van der Waals surface area contributed by atoms with Crippen molar-refractivity contribution in [2.24, 2.45) is 0 Å². The molecular formula is C24H23BrN6O3. The number of anilines is 2. The van der Waals surface area contributed by atoms with E-state index in [9.17, 15) is 4.79 Å². The molecule has 2 aromatic heterocycles. The molecule has 9 nitrogen and oxygen atoms in total. The average Bonchev–Trinajstić information content (AvgIpc) is 3.31. The lowest BCUT2D eigenvalue weighted by molar-refractivity contribution is 0.0951. The van der Waals surface area contributed by atoms with Crippen molar-refractivity contribution >= 4 is 33.3 Å². The molecule has 0 saturated carbocycles. The van der Waals surface area contributed by atoms with Gasteiger partial charge < -0.3 is 20.1 Å². The minimum Gasteiger partial charge on any atom is -0.497 e. The highest BCUT2D eigenvalue weighted by Crippen LogP contribution is 2.31. The zero-order valence-corrected chi connectivity index (χ0v) is 20.2. The molecule has 0 radical (unpaired) electrons. The number of benzene rings is 2. The second kappa shape index (κ2) is 10.8. The van der Waals surface area contributed by atoms with Crippen LogP contribution >= 0.6 is 15.9 Å². The normalized spacial score (nSPS) is 10.6. The van der Waals surface area contributed by atoms with Gasteiger partial charge in [0.2, 0.25) is 0 Å². The van der Waals surface area contributed by atoms with Gasteiger partial charge in [-0.1, -0.05) is 33.3 Å². The highest BCUT2D eigenvalue weighted by Gasteiger charge is 2.15. The van der Waals surface area contributed by atoms with Crippen LogP contribution in [0.5, 0.6) is 11.5 Å². The molecule has 1 amide bonds. The quantitative estimate of drug-likeness (QED) is 0.340. The molecule has 34 heavy (non-hydrogen) atoms. The van der Waals surface area contributed by atoms with Gasteiger partial charge in [-0.15, -0.1) is 5.10 Å². The van der Waals surface area contributed by atoms with Crippen LogP contribution in [0.15, 0.2) is 71.5 Å². The Balaban J connectivity index is 1.42. The van der Waals surface area contributed by atoms with Crippen LogP contribution in [-0.4, -0.2) is 40.1 Å². The summed E-state index contributed by atoms with van der Waals surface area (Å²) < 4.78 is 13.4. The van der Waals surface area contributed by atoms with E-state index < -0.39 is 0 Å². The van der Waals surface area contributed by atoms with Gasteiger partial charge in [-0.25, -0.2) is 9.67 Å². The summed E-state index contributed by atoms with van der Waals surface area (Å²) in [5.41, 5.74) is 2.80. The highest BCUT2D eigenvalue weighted by atomic mass is 79.9. The second-order valence-electron chi connectivity index (χ2n) is 7.31. The lowest BCUT2D eigenvalue weighted by atomic mass is 10.2. The monoisotopic (exact) mass is 522 g/mol. The summed E-state index contributed by atoms with van der Waals surface area (Å²) in [5, 5.41) is 14.4. The molecule has 0 fully saturated rings. The molecule has 0 atom stereocenters. The summed E-state index contributed by atoms with van der Waals surface area (Å²) in [5.74, 6) is 1.35.